The molecule has 0 aliphatic rings. The Hall–Kier alpha value is -1.68. The average Bonchev–Trinajstić information content (AvgIpc) is 2.15. The van der Waals surface area contributed by atoms with Gasteiger partial charge in [0.05, 0.1) is 12.4 Å². The van der Waals surface area contributed by atoms with Gasteiger partial charge in [-0.25, -0.2) is 9.37 Å². The van der Waals surface area contributed by atoms with Gasteiger partial charge in [0, 0.05) is 5.69 Å². The molecule has 0 radical (unpaired) electrons. The lowest BCUT2D eigenvalue weighted by Gasteiger charge is -2.06. The van der Waals surface area contributed by atoms with Gasteiger partial charge in [-0.1, -0.05) is 11.6 Å². The van der Waals surface area contributed by atoms with Gasteiger partial charge in [-0.3, -0.25) is 4.98 Å². The van der Waals surface area contributed by atoms with Gasteiger partial charge in [0.15, 0.2) is 5.82 Å². The molecule has 0 saturated heterocycles. The summed E-state index contributed by atoms with van der Waals surface area (Å²) in [6.07, 6.45) is 2.95. The number of hydrogen-bond donors (Lipinski definition) is 1. The molecule has 5 heteroatoms. The molecule has 1 heterocycles. The summed E-state index contributed by atoms with van der Waals surface area (Å²) in [7, 11) is 0. The lowest BCUT2D eigenvalue weighted by atomic mass is 10.2. The van der Waals surface area contributed by atoms with Crippen LogP contribution in [0.5, 0.6) is 0 Å². The first kappa shape index (κ1) is 10.8. The number of halogens is 2. The predicted octanol–water partition coefficient (Wildman–Crippen LogP) is 3.32. The van der Waals surface area contributed by atoms with E-state index in [2.05, 4.69) is 15.3 Å². The topological polar surface area (TPSA) is 37.8 Å². The highest BCUT2D eigenvalue weighted by Gasteiger charge is 2.00. The molecule has 1 N–H and O–H groups in total. The molecule has 0 saturated carbocycles. The van der Waals surface area contributed by atoms with Crippen LogP contribution in [0.1, 0.15) is 5.56 Å². The molecule has 82 valence electrons. The summed E-state index contributed by atoms with van der Waals surface area (Å²) >= 11 is 5.69. The smallest absolute Gasteiger partial charge is 0.150 e. The molecule has 2 rings (SSSR count). The van der Waals surface area contributed by atoms with Gasteiger partial charge >= 0.3 is 0 Å². The van der Waals surface area contributed by atoms with E-state index in [0.717, 1.165) is 5.56 Å². The Morgan fingerprint density at radius 2 is 2.06 bits per heavy atom. The van der Waals surface area contributed by atoms with E-state index in [-0.39, 0.29) is 11.0 Å². The Morgan fingerprint density at radius 3 is 2.75 bits per heavy atom. The fourth-order valence-corrected chi connectivity index (χ4v) is 1.51. The van der Waals surface area contributed by atoms with E-state index >= 15 is 0 Å². The third-order valence-corrected chi connectivity index (χ3v) is 2.10. The van der Waals surface area contributed by atoms with Gasteiger partial charge in [0.1, 0.15) is 11.0 Å². The summed E-state index contributed by atoms with van der Waals surface area (Å²) in [6, 6.07) is 4.65. The van der Waals surface area contributed by atoms with Crippen molar-refractivity contribution in [2.75, 3.05) is 5.32 Å². The summed E-state index contributed by atoms with van der Waals surface area (Å²) in [6.45, 7) is 1.82. The van der Waals surface area contributed by atoms with Crippen LogP contribution in [0.2, 0.25) is 5.15 Å². The number of nitrogens with zero attached hydrogens (tertiary/aromatic N) is 2. The monoisotopic (exact) mass is 237 g/mol. The Morgan fingerprint density at radius 1 is 1.25 bits per heavy atom. The van der Waals surface area contributed by atoms with Gasteiger partial charge in [-0.15, -0.1) is 0 Å². The van der Waals surface area contributed by atoms with E-state index in [1.165, 1.54) is 24.5 Å². The molecule has 16 heavy (non-hydrogen) atoms. The van der Waals surface area contributed by atoms with Gasteiger partial charge in [0.25, 0.3) is 0 Å². The third-order valence-electron chi connectivity index (χ3n) is 1.92. The van der Waals surface area contributed by atoms with Crippen molar-refractivity contribution in [3.05, 3.63) is 47.1 Å². The second-order valence-corrected chi connectivity index (χ2v) is 3.76. The zero-order valence-corrected chi connectivity index (χ0v) is 9.29. The first-order valence-electron chi connectivity index (χ1n) is 4.65. The summed E-state index contributed by atoms with van der Waals surface area (Å²) in [5.74, 6) is 0.190. The Balaban J connectivity index is 2.27. The van der Waals surface area contributed by atoms with Crippen molar-refractivity contribution in [2.45, 2.75) is 6.92 Å². The number of rotatable bonds is 2. The zero-order chi connectivity index (χ0) is 11.5. The van der Waals surface area contributed by atoms with Crippen LogP contribution in [-0.4, -0.2) is 9.97 Å². The van der Waals surface area contributed by atoms with Crippen LogP contribution in [0.3, 0.4) is 0 Å². The number of hydrogen-bond acceptors (Lipinski definition) is 3. The minimum Gasteiger partial charge on any atom is -0.339 e. The Kier molecular flexibility index (Phi) is 3.01. The van der Waals surface area contributed by atoms with Crippen LogP contribution in [0.15, 0.2) is 30.6 Å². The standard InChI is InChI=1S/C11H9ClFN3/c1-7-2-8(13)4-9(3-7)15-11-6-14-5-10(12)16-11/h2-6H,1H3,(H,15,16). The molecule has 0 fully saturated rings. The summed E-state index contributed by atoms with van der Waals surface area (Å²) in [5.41, 5.74) is 1.45. The van der Waals surface area contributed by atoms with Crippen molar-refractivity contribution in [2.24, 2.45) is 0 Å². The van der Waals surface area contributed by atoms with E-state index in [0.29, 0.717) is 11.5 Å². The van der Waals surface area contributed by atoms with Gasteiger partial charge < -0.3 is 5.32 Å². The second kappa shape index (κ2) is 4.45. The maximum atomic E-state index is 13.1. The minimum absolute atomic E-state index is 0.290. The molecule has 3 nitrogen and oxygen atoms in total. The average molecular weight is 238 g/mol. The third kappa shape index (κ3) is 2.67. The molecule has 1 aromatic heterocycles. The van der Waals surface area contributed by atoms with E-state index in [4.69, 9.17) is 11.6 Å². The molecule has 1 aromatic carbocycles. The van der Waals surface area contributed by atoms with Crippen molar-refractivity contribution < 1.29 is 4.39 Å². The first-order chi connectivity index (χ1) is 7.63. The largest absolute Gasteiger partial charge is 0.339 e. The number of aromatic nitrogens is 2. The molecular formula is C11H9ClFN3. The first-order valence-corrected chi connectivity index (χ1v) is 5.03. The van der Waals surface area contributed by atoms with E-state index in [1.807, 2.05) is 13.0 Å². The molecule has 0 spiro atoms. The predicted molar refractivity (Wildman–Crippen MR) is 61.5 cm³/mol. The van der Waals surface area contributed by atoms with Crippen LogP contribution >= 0.6 is 11.6 Å². The van der Waals surface area contributed by atoms with Gasteiger partial charge in [-0.05, 0) is 30.7 Å². The van der Waals surface area contributed by atoms with Crippen LogP contribution in [0, 0.1) is 12.7 Å². The van der Waals surface area contributed by atoms with E-state index in [9.17, 15) is 4.39 Å². The highest BCUT2D eigenvalue weighted by Crippen LogP contribution is 2.18. The molecule has 0 unspecified atom stereocenters. The lowest BCUT2D eigenvalue weighted by Crippen LogP contribution is -1.95. The summed E-state index contributed by atoms with van der Waals surface area (Å²) in [5, 5.41) is 3.22. The molecule has 0 aliphatic heterocycles. The van der Waals surface area contributed by atoms with Gasteiger partial charge in [0.2, 0.25) is 0 Å². The maximum absolute atomic E-state index is 13.1. The number of anilines is 2. The van der Waals surface area contributed by atoms with E-state index in [1.54, 1.807) is 0 Å². The molecule has 0 bridgehead atoms. The molecule has 0 aliphatic carbocycles. The van der Waals surface area contributed by atoms with E-state index < -0.39 is 0 Å². The van der Waals surface area contributed by atoms with Crippen LogP contribution in [0.25, 0.3) is 0 Å². The van der Waals surface area contributed by atoms with Crippen molar-refractivity contribution in [3.63, 3.8) is 0 Å². The normalized spacial score (nSPS) is 10.2. The van der Waals surface area contributed by atoms with Crippen LogP contribution in [-0.2, 0) is 0 Å². The summed E-state index contributed by atoms with van der Waals surface area (Å²) in [4.78, 5) is 7.87. The quantitative estimate of drug-likeness (QED) is 0.871. The van der Waals surface area contributed by atoms with Crippen LogP contribution < -0.4 is 5.32 Å². The van der Waals surface area contributed by atoms with Crippen LogP contribution in [0.4, 0.5) is 15.9 Å². The highest BCUT2D eigenvalue weighted by atomic mass is 35.5. The number of aryl methyl sites for hydroxylation is 1. The fourth-order valence-electron chi connectivity index (χ4n) is 1.36. The Bertz CT molecular complexity index is 496. The molecule has 2 aromatic rings. The van der Waals surface area contributed by atoms with Gasteiger partial charge in [-0.2, -0.15) is 0 Å². The van der Waals surface area contributed by atoms with Crippen molar-refractivity contribution in [1.82, 2.24) is 9.97 Å². The second-order valence-electron chi connectivity index (χ2n) is 3.37. The maximum Gasteiger partial charge on any atom is 0.150 e. The number of benzene rings is 1. The molecule has 0 amide bonds. The fraction of sp³-hybridized carbons (Fsp3) is 0.0909. The summed E-state index contributed by atoms with van der Waals surface area (Å²) < 4.78 is 13.1. The minimum atomic E-state index is -0.294. The lowest BCUT2D eigenvalue weighted by molar-refractivity contribution is 0.627. The molecule has 0 atom stereocenters. The SMILES string of the molecule is Cc1cc(F)cc(Nc2cncc(Cl)n2)c1. The van der Waals surface area contributed by atoms with Crippen molar-refractivity contribution >= 4 is 23.1 Å². The number of nitrogens with one attached hydrogen (secondary N) is 1. The zero-order valence-electron chi connectivity index (χ0n) is 8.54. The Labute approximate surface area is 97.3 Å². The van der Waals surface area contributed by atoms with Crippen molar-refractivity contribution in [3.8, 4) is 0 Å². The molecular weight excluding hydrogens is 229 g/mol. The highest BCUT2D eigenvalue weighted by molar-refractivity contribution is 6.29. The van der Waals surface area contributed by atoms with Crippen molar-refractivity contribution in [1.29, 1.82) is 0 Å².